The van der Waals surface area contributed by atoms with Crippen molar-refractivity contribution in [3.63, 3.8) is 0 Å². The largest absolute Gasteiger partial charge is 0.355 e. The number of rotatable bonds is 0. The average molecular weight is 261 g/mol. The summed E-state index contributed by atoms with van der Waals surface area (Å²) < 4.78 is 3.06. The summed E-state index contributed by atoms with van der Waals surface area (Å²) in [6, 6.07) is 11.8. The molecule has 2 heterocycles. The number of hydrogen-bond donors (Lipinski definition) is 0. The van der Waals surface area contributed by atoms with Crippen molar-refractivity contribution in [1.29, 1.82) is 0 Å². The summed E-state index contributed by atoms with van der Waals surface area (Å²) in [5.74, 6) is 0. The molecular weight excluding hydrogens is 254 g/mol. The fourth-order valence-corrected chi connectivity index (χ4v) is 1.95. The predicted octanol–water partition coefficient (Wildman–Crippen LogP) is 2.13. The average Bonchev–Trinajstić information content (AvgIpc) is 2.29. The zero-order valence-electron chi connectivity index (χ0n) is 7.76. The molecule has 0 amide bonds. The highest BCUT2D eigenvalue weighted by atomic mass is 79.9. The van der Waals surface area contributed by atoms with E-state index in [1.807, 2.05) is 47.0 Å². The molecule has 2 aromatic heterocycles. The molecule has 0 saturated carbocycles. The maximum absolute atomic E-state index is 4.16. The van der Waals surface area contributed by atoms with Gasteiger partial charge < -0.3 is 0 Å². The quantitative estimate of drug-likeness (QED) is 0.458. The van der Waals surface area contributed by atoms with Crippen molar-refractivity contribution in [3.05, 3.63) is 47.1 Å². The molecular formula is C11H7BrN3+. The highest BCUT2D eigenvalue weighted by Gasteiger charge is 2.09. The van der Waals surface area contributed by atoms with Gasteiger partial charge in [0.2, 0.25) is 0 Å². The van der Waals surface area contributed by atoms with Crippen LogP contribution in [0.25, 0.3) is 16.7 Å². The number of benzene rings is 1. The Kier molecular flexibility index (Phi) is 1.89. The van der Waals surface area contributed by atoms with Crippen LogP contribution in [0.4, 0.5) is 0 Å². The molecule has 0 N–H and O–H groups in total. The first-order chi connectivity index (χ1) is 7.34. The van der Waals surface area contributed by atoms with Gasteiger partial charge in [-0.3, -0.25) is 0 Å². The lowest BCUT2D eigenvalue weighted by atomic mass is 10.3. The van der Waals surface area contributed by atoms with E-state index in [2.05, 4.69) is 26.1 Å². The van der Waals surface area contributed by atoms with Crippen molar-refractivity contribution in [2.75, 3.05) is 0 Å². The lowest BCUT2D eigenvalue weighted by Gasteiger charge is -1.96. The fourth-order valence-electron chi connectivity index (χ4n) is 1.60. The Labute approximate surface area is 94.5 Å². The van der Waals surface area contributed by atoms with Crippen molar-refractivity contribution >= 4 is 32.6 Å². The van der Waals surface area contributed by atoms with Gasteiger partial charge in [0.25, 0.3) is 0 Å². The topological polar surface area (TPSA) is 29.9 Å². The molecule has 3 aromatic rings. The van der Waals surface area contributed by atoms with Crippen molar-refractivity contribution < 1.29 is 4.40 Å². The minimum atomic E-state index is 0.850. The van der Waals surface area contributed by atoms with Gasteiger partial charge in [-0.05, 0) is 23.3 Å². The van der Waals surface area contributed by atoms with Crippen LogP contribution in [-0.4, -0.2) is 10.2 Å². The van der Waals surface area contributed by atoms with Crippen molar-refractivity contribution in [3.8, 4) is 0 Å². The Morgan fingerprint density at radius 2 is 2.00 bits per heavy atom. The van der Waals surface area contributed by atoms with E-state index in [4.69, 9.17) is 0 Å². The molecule has 4 heteroatoms. The molecule has 3 nitrogen and oxygen atoms in total. The Morgan fingerprint density at radius 3 is 2.93 bits per heavy atom. The van der Waals surface area contributed by atoms with Crippen LogP contribution in [-0.2, 0) is 0 Å². The van der Waals surface area contributed by atoms with Crippen molar-refractivity contribution in [2.45, 2.75) is 0 Å². The number of hydrogen-bond acceptors (Lipinski definition) is 2. The van der Waals surface area contributed by atoms with Crippen LogP contribution in [0.5, 0.6) is 0 Å². The highest BCUT2D eigenvalue weighted by Crippen LogP contribution is 2.14. The number of nitrogens with zero attached hydrogens (tertiary/aromatic N) is 3. The Morgan fingerprint density at radius 1 is 1.07 bits per heavy atom. The van der Waals surface area contributed by atoms with Crippen LogP contribution < -0.4 is 4.40 Å². The molecule has 0 radical (unpaired) electrons. The van der Waals surface area contributed by atoms with Gasteiger partial charge in [0, 0.05) is 16.6 Å². The molecule has 0 saturated heterocycles. The Bertz CT molecular complexity index is 651. The third kappa shape index (κ3) is 1.37. The van der Waals surface area contributed by atoms with Gasteiger partial charge in [-0.25, -0.2) is 0 Å². The van der Waals surface area contributed by atoms with Crippen LogP contribution in [0.15, 0.2) is 47.1 Å². The SMILES string of the molecule is Brc1ccc2nnc3cccc[n+]3c2c1. The number of fused-ring (bicyclic) bond motifs is 3. The van der Waals surface area contributed by atoms with E-state index in [0.717, 1.165) is 21.2 Å². The van der Waals surface area contributed by atoms with Crippen LogP contribution in [0.2, 0.25) is 0 Å². The fraction of sp³-hybridized carbons (Fsp3) is 0. The zero-order chi connectivity index (χ0) is 10.3. The van der Waals surface area contributed by atoms with Crippen molar-refractivity contribution in [1.82, 2.24) is 10.2 Å². The second-order valence-corrected chi connectivity index (χ2v) is 4.18. The molecule has 0 aliphatic rings. The molecule has 0 fully saturated rings. The van der Waals surface area contributed by atoms with Crippen LogP contribution in [0, 0.1) is 0 Å². The van der Waals surface area contributed by atoms with Gasteiger partial charge in [-0.2, -0.15) is 4.40 Å². The molecule has 0 aliphatic carbocycles. The van der Waals surface area contributed by atoms with Crippen molar-refractivity contribution in [2.24, 2.45) is 0 Å². The lowest BCUT2D eigenvalue weighted by molar-refractivity contribution is -0.485. The molecule has 72 valence electrons. The maximum Gasteiger partial charge on any atom is 0.355 e. The molecule has 1 aromatic carbocycles. The van der Waals surface area contributed by atoms with E-state index in [1.165, 1.54) is 0 Å². The third-order valence-electron chi connectivity index (χ3n) is 2.30. The molecule has 0 unspecified atom stereocenters. The molecule has 0 spiro atoms. The van der Waals surface area contributed by atoms with E-state index < -0.39 is 0 Å². The van der Waals surface area contributed by atoms with Gasteiger partial charge in [0.1, 0.15) is 0 Å². The second kappa shape index (κ2) is 3.24. The molecule has 3 rings (SSSR count). The van der Waals surface area contributed by atoms with E-state index in [9.17, 15) is 0 Å². The van der Waals surface area contributed by atoms with Gasteiger partial charge in [0.05, 0.1) is 11.3 Å². The molecule has 0 bridgehead atoms. The molecule has 0 aliphatic heterocycles. The first-order valence-corrected chi connectivity index (χ1v) is 5.36. The third-order valence-corrected chi connectivity index (χ3v) is 2.79. The second-order valence-electron chi connectivity index (χ2n) is 3.26. The summed E-state index contributed by atoms with van der Waals surface area (Å²) in [4.78, 5) is 0. The Balaban J connectivity index is 2.57. The lowest BCUT2D eigenvalue weighted by Crippen LogP contribution is -2.24. The summed E-state index contributed by atoms with van der Waals surface area (Å²) in [5, 5.41) is 8.30. The summed E-state index contributed by atoms with van der Waals surface area (Å²) in [6.45, 7) is 0. The maximum atomic E-state index is 4.16. The molecule has 15 heavy (non-hydrogen) atoms. The summed E-state index contributed by atoms with van der Waals surface area (Å²) >= 11 is 3.46. The summed E-state index contributed by atoms with van der Waals surface area (Å²) in [6.07, 6.45) is 1.98. The number of halogens is 1. The van der Waals surface area contributed by atoms with Gasteiger partial charge >= 0.3 is 5.65 Å². The van der Waals surface area contributed by atoms with E-state index >= 15 is 0 Å². The minimum Gasteiger partial charge on any atom is -0.192 e. The van der Waals surface area contributed by atoms with Gasteiger partial charge in [0.15, 0.2) is 11.0 Å². The highest BCUT2D eigenvalue weighted by molar-refractivity contribution is 9.10. The van der Waals surface area contributed by atoms with Crippen LogP contribution in [0.1, 0.15) is 0 Å². The monoisotopic (exact) mass is 260 g/mol. The zero-order valence-corrected chi connectivity index (χ0v) is 9.35. The summed E-state index contributed by atoms with van der Waals surface area (Å²) in [7, 11) is 0. The summed E-state index contributed by atoms with van der Waals surface area (Å²) in [5.41, 5.74) is 2.79. The van der Waals surface area contributed by atoms with E-state index in [0.29, 0.717) is 0 Å². The Hall–Kier alpha value is -1.55. The van der Waals surface area contributed by atoms with Crippen LogP contribution >= 0.6 is 15.9 Å². The first kappa shape index (κ1) is 8.73. The number of pyridine rings is 1. The number of aromatic nitrogens is 3. The molecule has 0 atom stereocenters. The van der Waals surface area contributed by atoms with Gasteiger partial charge in [-0.1, -0.05) is 22.0 Å². The van der Waals surface area contributed by atoms with Crippen LogP contribution in [0.3, 0.4) is 0 Å². The van der Waals surface area contributed by atoms with E-state index in [-0.39, 0.29) is 0 Å². The standard InChI is InChI=1S/C11H7BrN3/c12-8-4-5-9-10(7-8)15-6-2-1-3-11(15)14-13-9/h1-7H/q+1. The predicted molar refractivity (Wildman–Crippen MR) is 60.4 cm³/mol. The minimum absolute atomic E-state index is 0.850. The smallest absolute Gasteiger partial charge is 0.192 e. The normalized spacial score (nSPS) is 11.0. The van der Waals surface area contributed by atoms with Gasteiger partial charge in [-0.15, -0.1) is 0 Å². The van der Waals surface area contributed by atoms with E-state index in [1.54, 1.807) is 0 Å². The first-order valence-electron chi connectivity index (χ1n) is 4.57.